The molecule has 2 heterocycles. The zero-order valence-electron chi connectivity index (χ0n) is 37.4. The van der Waals surface area contributed by atoms with Gasteiger partial charge in [0.25, 0.3) is 0 Å². The van der Waals surface area contributed by atoms with Crippen LogP contribution in [0.5, 0.6) is 0 Å². The molecule has 0 aliphatic carbocycles. The van der Waals surface area contributed by atoms with Gasteiger partial charge in [-0.05, 0) is 83.6 Å². The van der Waals surface area contributed by atoms with E-state index in [9.17, 15) is 48.3 Å². The van der Waals surface area contributed by atoms with Gasteiger partial charge >= 0.3 is 5.97 Å². The molecule has 11 N–H and O–H groups in total. The number of hydrogen-bond acceptors (Lipinski definition) is 11. The molecule has 2 aliphatic heterocycles. The molecule has 0 bridgehead atoms. The third-order valence-corrected chi connectivity index (χ3v) is 11.5. The summed E-state index contributed by atoms with van der Waals surface area (Å²) >= 11 is 0. The first-order chi connectivity index (χ1) is 28.6. The number of carbonyl (C=O) groups excluding carboxylic acids is 8. The average Bonchev–Trinajstić information content (AvgIpc) is 3.90. The predicted octanol–water partition coefficient (Wildman–Crippen LogP) is -1.16. The molecule has 10 atom stereocenters. The van der Waals surface area contributed by atoms with Crippen molar-refractivity contribution in [3.05, 3.63) is 0 Å². The molecule has 20 heteroatoms. The van der Waals surface area contributed by atoms with Crippen molar-refractivity contribution in [2.45, 2.75) is 168 Å². The fourth-order valence-electron chi connectivity index (χ4n) is 7.37. The minimum absolute atomic E-state index is 0.234. The van der Waals surface area contributed by atoms with E-state index in [4.69, 9.17) is 11.5 Å². The van der Waals surface area contributed by atoms with Gasteiger partial charge < -0.3 is 58.3 Å². The number of carboxylic acid groups (broad SMARTS) is 1. The molecule has 20 nitrogen and oxygen atoms in total. The summed E-state index contributed by atoms with van der Waals surface area (Å²) in [7, 11) is 0. The number of rotatable bonds is 23. The number of nitrogens with two attached hydrogens (primary N) is 2. The van der Waals surface area contributed by atoms with Gasteiger partial charge in [0.1, 0.15) is 48.3 Å². The molecular formula is C41H72N10O10. The Balaban J connectivity index is 2.01. The van der Waals surface area contributed by atoms with E-state index < -0.39 is 114 Å². The highest BCUT2D eigenvalue weighted by molar-refractivity contribution is 5.98. The van der Waals surface area contributed by atoms with Gasteiger partial charge in [0.05, 0.1) is 6.04 Å². The SMILES string of the molecule is CC[C@H](C)[C@H](NC(=O)[C@@H]1CCCN1C(=O)[C@H](C)NC(=O)[C@@H](NC(=O)[C@@H](NC(=O)[C@H](C)NC(=O)[C@H](C)NC(=O)[C@@H]1CCCN1C(=O)[C@@H](N)CCCCN)C(C)C)C(C)C)C(=O)O. The Hall–Kier alpha value is -4.85. The molecular weight excluding hydrogens is 793 g/mol. The van der Waals surface area contributed by atoms with Crippen molar-refractivity contribution >= 4 is 53.2 Å². The van der Waals surface area contributed by atoms with Crippen LogP contribution in [0.2, 0.25) is 0 Å². The van der Waals surface area contributed by atoms with Crippen molar-refractivity contribution < 1.29 is 48.3 Å². The summed E-state index contributed by atoms with van der Waals surface area (Å²) < 4.78 is 0. The zero-order chi connectivity index (χ0) is 46.3. The van der Waals surface area contributed by atoms with Gasteiger partial charge in [-0.2, -0.15) is 0 Å². The Labute approximate surface area is 359 Å². The third-order valence-electron chi connectivity index (χ3n) is 11.5. The van der Waals surface area contributed by atoms with Crippen LogP contribution in [0, 0.1) is 17.8 Å². The Morgan fingerprint density at radius 3 is 1.52 bits per heavy atom. The Morgan fingerprint density at radius 1 is 0.590 bits per heavy atom. The third kappa shape index (κ3) is 14.9. The van der Waals surface area contributed by atoms with E-state index in [0.717, 1.165) is 6.42 Å². The van der Waals surface area contributed by atoms with Crippen LogP contribution in [-0.2, 0) is 43.2 Å². The highest BCUT2D eigenvalue weighted by Crippen LogP contribution is 2.21. The van der Waals surface area contributed by atoms with E-state index in [1.807, 2.05) is 6.92 Å². The summed E-state index contributed by atoms with van der Waals surface area (Å²) in [5.74, 6) is -7.16. The maximum absolute atomic E-state index is 13.6. The van der Waals surface area contributed by atoms with Crippen LogP contribution in [0.1, 0.15) is 114 Å². The molecule has 61 heavy (non-hydrogen) atoms. The lowest BCUT2D eigenvalue weighted by Crippen LogP contribution is -2.61. The molecule has 0 aromatic heterocycles. The second-order valence-corrected chi connectivity index (χ2v) is 17.1. The molecule has 8 amide bonds. The van der Waals surface area contributed by atoms with Crippen LogP contribution < -0.4 is 43.4 Å². The lowest BCUT2D eigenvalue weighted by Gasteiger charge is -2.31. The molecule has 2 rings (SSSR count). The molecule has 0 aromatic carbocycles. The second-order valence-electron chi connectivity index (χ2n) is 17.1. The Bertz CT molecular complexity index is 1580. The minimum Gasteiger partial charge on any atom is -0.480 e. The number of nitrogens with one attached hydrogen (secondary N) is 6. The Kier molecular flexibility index (Phi) is 21.0. The average molecular weight is 865 g/mol. The molecule has 0 saturated carbocycles. The predicted molar refractivity (Wildman–Crippen MR) is 226 cm³/mol. The zero-order valence-corrected chi connectivity index (χ0v) is 37.4. The first-order valence-electron chi connectivity index (χ1n) is 21.7. The van der Waals surface area contributed by atoms with E-state index in [1.165, 1.54) is 30.6 Å². The molecule has 0 unspecified atom stereocenters. The van der Waals surface area contributed by atoms with E-state index in [2.05, 4.69) is 31.9 Å². The maximum atomic E-state index is 13.6. The van der Waals surface area contributed by atoms with Crippen LogP contribution in [-0.4, -0.2) is 142 Å². The molecule has 2 aliphatic rings. The molecule has 2 saturated heterocycles. The van der Waals surface area contributed by atoms with Crippen LogP contribution in [0.4, 0.5) is 0 Å². The van der Waals surface area contributed by atoms with Gasteiger partial charge in [0.15, 0.2) is 0 Å². The van der Waals surface area contributed by atoms with E-state index in [1.54, 1.807) is 34.6 Å². The molecule has 0 spiro atoms. The Morgan fingerprint density at radius 2 is 1.03 bits per heavy atom. The lowest BCUT2D eigenvalue weighted by molar-refractivity contribution is -0.146. The molecule has 346 valence electrons. The van der Waals surface area contributed by atoms with E-state index >= 15 is 0 Å². The van der Waals surface area contributed by atoms with Crippen LogP contribution in [0.25, 0.3) is 0 Å². The summed E-state index contributed by atoms with van der Waals surface area (Å²) in [4.78, 5) is 121. The number of carboxylic acids is 1. The first-order valence-corrected chi connectivity index (χ1v) is 21.7. The van der Waals surface area contributed by atoms with Crippen molar-refractivity contribution in [2.75, 3.05) is 19.6 Å². The number of likely N-dealkylation sites (tertiary alicyclic amines) is 2. The highest BCUT2D eigenvalue weighted by atomic mass is 16.4. The maximum Gasteiger partial charge on any atom is 0.326 e. The summed E-state index contributed by atoms with van der Waals surface area (Å²) in [5, 5.41) is 25.3. The number of aliphatic carboxylic acids is 1. The summed E-state index contributed by atoms with van der Waals surface area (Å²) in [5.41, 5.74) is 11.6. The van der Waals surface area contributed by atoms with Crippen LogP contribution in [0.15, 0.2) is 0 Å². The quantitative estimate of drug-likeness (QED) is 0.0550. The minimum atomic E-state index is -1.17. The first kappa shape index (κ1) is 52.3. The largest absolute Gasteiger partial charge is 0.480 e. The van der Waals surface area contributed by atoms with Gasteiger partial charge in [-0.25, -0.2) is 4.79 Å². The monoisotopic (exact) mass is 865 g/mol. The number of amides is 8. The summed E-state index contributed by atoms with van der Waals surface area (Å²) in [6.45, 7) is 15.7. The lowest BCUT2D eigenvalue weighted by atomic mass is 9.98. The molecule has 0 radical (unpaired) electrons. The van der Waals surface area contributed by atoms with Crippen LogP contribution in [0.3, 0.4) is 0 Å². The van der Waals surface area contributed by atoms with E-state index in [0.29, 0.717) is 58.0 Å². The highest BCUT2D eigenvalue weighted by Gasteiger charge is 2.40. The summed E-state index contributed by atoms with van der Waals surface area (Å²) in [6.07, 6.45) is 4.21. The van der Waals surface area contributed by atoms with Crippen molar-refractivity contribution in [3.8, 4) is 0 Å². The topological polar surface area (TPSA) is 305 Å². The second kappa shape index (κ2) is 24.6. The van der Waals surface area contributed by atoms with Gasteiger partial charge in [0, 0.05) is 13.1 Å². The van der Waals surface area contributed by atoms with Gasteiger partial charge in [-0.3, -0.25) is 38.4 Å². The number of carbonyl (C=O) groups is 9. The smallest absolute Gasteiger partial charge is 0.326 e. The van der Waals surface area contributed by atoms with Crippen LogP contribution >= 0.6 is 0 Å². The normalized spacial score (nSPS) is 20.3. The fraction of sp³-hybridized carbons (Fsp3) is 0.780. The number of hydrogen-bond donors (Lipinski definition) is 9. The molecule has 2 fully saturated rings. The summed E-state index contributed by atoms with van der Waals surface area (Å²) in [6, 6.07) is -9.19. The standard InChI is InChI=1S/C41H72N10O10/c1-10-23(6)32(41(60)61)49-36(55)29-17-13-19-50(29)39(58)26(9)46-37(56)30(21(2)3)48-38(57)31(22(4)5)47-34(53)25(8)44-33(52)24(7)45-35(54)28-16-14-20-51(28)40(59)27(43)15-11-12-18-42/h21-32H,10-20,42-43H2,1-9H3,(H,44,52)(H,45,54)(H,46,56)(H,47,53)(H,48,57)(H,49,55)(H,60,61)/t23-,24-,25-,26-,27-,28-,29-,30-,31-,32-/m0/s1. The van der Waals surface area contributed by atoms with Crippen molar-refractivity contribution in [1.82, 2.24) is 41.7 Å². The number of nitrogens with zero attached hydrogens (tertiary/aromatic N) is 2. The van der Waals surface area contributed by atoms with Crippen molar-refractivity contribution in [2.24, 2.45) is 29.2 Å². The van der Waals surface area contributed by atoms with Crippen molar-refractivity contribution in [1.29, 1.82) is 0 Å². The number of unbranched alkanes of at least 4 members (excludes halogenated alkanes) is 1. The van der Waals surface area contributed by atoms with Gasteiger partial charge in [-0.1, -0.05) is 54.4 Å². The fourth-order valence-corrected chi connectivity index (χ4v) is 7.37. The van der Waals surface area contributed by atoms with Gasteiger partial charge in [0.2, 0.25) is 47.3 Å². The van der Waals surface area contributed by atoms with E-state index in [-0.39, 0.29) is 18.4 Å². The van der Waals surface area contributed by atoms with Gasteiger partial charge in [-0.15, -0.1) is 0 Å². The molecule has 0 aromatic rings. The van der Waals surface area contributed by atoms with Crippen molar-refractivity contribution in [3.63, 3.8) is 0 Å².